The molecule has 0 fully saturated rings. The molecule has 7 aromatic rings. The fraction of sp³-hybridized carbons (Fsp3) is 0.0541. The zero-order valence-corrected chi connectivity index (χ0v) is 21.7. The third-order valence-electron chi connectivity index (χ3n) is 9.18. The lowest BCUT2D eigenvalue weighted by molar-refractivity contribution is 0.896. The van der Waals surface area contributed by atoms with Crippen molar-refractivity contribution in [3.63, 3.8) is 0 Å². The van der Waals surface area contributed by atoms with E-state index in [9.17, 15) is 0 Å². The quantitative estimate of drug-likeness (QED) is 0.224. The van der Waals surface area contributed by atoms with Crippen LogP contribution in [0.1, 0.15) is 22.7 Å². The van der Waals surface area contributed by atoms with E-state index in [1.807, 2.05) is 6.20 Å². The fourth-order valence-electron chi connectivity index (χ4n) is 7.63. The number of hydrogen-bond acceptors (Lipinski definition) is 2. The molecule has 5 aromatic carbocycles. The minimum absolute atomic E-state index is 0.187. The molecule has 0 spiro atoms. The Balaban J connectivity index is 1.35. The summed E-state index contributed by atoms with van der Waals surface area (Å²) in [6.45, 7) is 0. The number of anilines is 2. The Hall–Kier alpha value is -5.15. The molecule has 0 N–H and O–H groups in total. The molecule has 0 radical (unpaired) electrons. The summed E-state index contributed by atoms with van der Waals surface area (Å²) in [6.07, 6.45) is 10.0. The van der Waals surface area contributed by atoms with Crippen LogP contribution < -0.4 is 10.2 Å². The van der Waals surface area contributed by atoms with Gasteiger partial charge in [-0.25, -0.2) is 4.98 Å². The normalized spacial score (nSPS) is 16.2. The van der Waals surface area contributed by atoms with Crippen molar-refractivity contribution in [3.8, 4) is 16.9 Å². The van der Waals surface area contributed by atoms with Crippen LogP contribution >= 0.6 is 0 Å². The number of rotatable bonds is 3. The first kappa shape index (κ1) is 20.8. The monoisotopic (exact) mass is 509 g/mol. The molecule has 2 aromatic heterocycles. The van der Waals surface area contributed by atoms with Gasteiger partial charge in [0.2, 0.25) is 0 Å². The number of aromatic nitrogens is 2. The van der Waals surface area contributed by atoms with Gasteiger partial charge in [-0.2, -0.15) is 0 Å². The lowest BCUT2D eigenvalue weighted by Crippen LogP contribution is -2.19. The molecule has 1 atom stereocenters. The molecule has 2 aliphatic carbocycles. The summed E-state index contributed by atoms with van der Waals surface area (Å²) in [5.41, 5.74) is 10.4. The standard InChI is InChI=1S/C37H23N3/c1-3-7-22(8-4-1)25-19-20-38-31(21-25)40-29-17-13-23-11-15-27-34-32(23)36(29)37-30(40)18-14-24-12-16-28(35(34)33(24)37)39(27)26-9-5-2-6-10-26/h1-13,15-21,27H,14H2. The second-order valence-electron chi connectivity index (χ2n) is 11.1. The maximum absolute atomic E-state index is 4.94. The molecule has 10 rings (SSSR count). The minimum Gasteiger partial charge on any atom is -0.330 e. The van der Waals surface area contributed by atoms with Crippen LogP contribution in [-0.4, -0.2) is 9.55 Å². The van der Waals surface area contributed by atoms with Gasteiger partial charge < -0.3 is 4.90 Å². The molecule has 40 heavy (non-hydrogen) atoms. The van der Waals surface area contributed by atoms with Crippen molar-refractivity contribution in [3.05, 3.63) is 131 Å². The summed E-state index contributed by atoms with van der Waals surface area (Å²) >= 11 is 0. The first-order valence-electron chi connectivity index (χ1n) is 14.0. The predicted octanol–water partition coefficient (Wildman–Crippen LogP) is 8.27. The summed E-state index contributed by atoms with van der Waals surface area (Å²) in [4.78, 5) is 7.47. The number of pyridine rings is 1. The molecule has 3 heteroatoms. The van der Waals surface area contributed by atoms with Gasteiger partial charge in [-0.15, -0.1) is 0 Å². The van der Waals surface area contributed by atoms with E-state index in [-0.39, 0.29) is 6.04 Å². The van der Waals surface area contributed by atoms with Crippen molar-refractivity contribution in [1.82, 2.24) is 9.55 Å². The fourth-order valence-corrected chi connectivity index (χ4v) is 7.63. The zero-order valence-electron chi connectivity index (χ0n) is 21.7. The van der Waals surface area contributed by atoms with E-state index >= 15 is 0 Å². The molecule has 3 aliphatic rings. The summed E-state index contributed by atoms with van der Waals surface area (Å²) in [5, 5.41) is 8.28. The second kappa shape index (κ2) is 7.28. The number of hydrogen-bond donors (Lipinski definition) is 0. The van der Waals surface area contributed by atoms with Crippen molar-refractivity contribution in [2.75, 3.05) is 4.90 Å². The van der Waals surface area contributed by atoms with Gasteiger partial charge in [0.05, 0.1) is 22.6 Å². The Labute approximate surface area is 230 Å². The summed E-state index contributed by atoms with van der Waals surface area (Å²) in [5.74, 6) is 0.972. The third kappa shape index (κ3) is 2.44. The van der Waals surface area contributed by atoms with Gasteiger partial charge in [-0.05, 0) is 81.4 Å². The van der Waals surface area contributed by atoms with Crippen LogP contribution in [0.4, 0.5) is 11.4 Å². The van der Waals surface area contributed by atoms with Crippen molar-refractivity contribution < 1.29 is 0 Å². The molecule has 0 bridgehead atoms. The van der Waals surface area contributed by atoms with Crippen molar-refractivity contribution in [2.45, 2.75) is 12.5 Å². The SMILES string of the molecule is C1=CC2c3c4c(ccc5c4c4c(n(-c6cc(-c7ccccc7)ccn6)c6ccc1c3c46)=CC5)N2c1ccccc1. The van der Waals surface area contributed by atoms with Crippen LogP contribution in [-0.2, 0) is 6.42 Å². The highest BCUT2D eigenvalue weighted by atomic mass is 15.2. The van der Waals surface area contributed by atoms with Gasteiger partial charge in [0.15, 0.2) is 0 Å². The first-order valence-corrected chi connectivity index (χ1v) is 14.0. The average Bonchev–Trinajstić information content (AvgIpc) is 3.56. The van der Waals surface area contributed by atoms with Crippen molar-refractivity contribution in [1.29, 1.82) is 0 Å². The Morgan fingerprint density at radius 1 is 0.700 bits per heavy atom. The van der Waals surface area contributed by atoms with Crippen LogP contribution in [0.15, 0.2) is 109 Å². The van der Waals surface area contributed by atoms with E-state index in [1.165, 1.54) is 77.0 Å². The minimum atomic E-state index is 0.187. The average molecular weight is 510 g/mol. The van der Waals surface area contributed by atoms with E-state index < -0.39 is 0 Å². The van der Waals surface area contributed by atoms with Crippen LogP contribution in [0.5, 0.6) is 0 Å². The lowest BCUT2D eigenvalue weighted by Gasteiger charge is -2.28. The largest absolute Gasteiger partial charge is 0.330 e. The molecule has 3 nitrogen and oxygen atoms in total. The molecule has 186 valence electrons. The Morgan fingerprint density at radius 3 is 2.42 bits per heavy atom. The Morgan fingerprint density at radius 2 is 1.55 bits per heavy atom. The molecular formula is C37H23N3. The molecule has 1 unspecified atom stereocenters. The Kier molecular flexibility index (Phi) is 3.78. The van der Waals surface area contributed by atoms with Gasteiger partial charge >= 0.3 is 0 Å². The van der Waals surface area contributed by atoms with Gasteiger partial charge in [0.25, 0.3) is 0 Å². The number of nitrogens with zero attached hydrogens (tertiary/aromatic N) is 3. The zero-order chi connectivity index (χ0) is 25.9. The highest BCUT2D eigenvalue weighted by Crippen LogP contribution is 2.56. The molecule has 0 saturated carbocycles. The summed E-state index contributed by atoms with van der Waals surface area (Å²) in [6, 6.07) is 35.3. The van der Waals surface area contributed by atoms with E-state index in [1.54, 1.807) is 0 Å². The van der Waals surface area contributed by atoms with E-state index in [2.05, 4.69) is 125 Å². The molecule has 0 amide bonds. The van der Waals surface area contributed by atoms with Gasteiger partial charge in [-0.3, -0.25) is 4.57 Å². The molecule has 0 saturated heterocycles. The van der Waals surface area contributed by atoms with Gasteiger partial charge in [-0.1, -0.05) is 78.9 Å². The maximum Gasteiger partial charge on any atom is 0.138 e. The van der Waals surface area contributed by atoms with Crippen LogP contribution in [0, 0.1) is 0 Å². The number of para-hydroxylation sites is 1. The van der Waals surface area contributed by atoms with Gasteiger partial charge in [0.1, 0.15) is 5.82 Å². The van der Waals surface area contributed by atoms with Gasteiger partial charge in [0, 0.05) is 28.0 Å². The smallest absolute Gasteiger partial charge is 0.138 e. The van der Waals surface area contributed by atoms with Crippen molar-refractivity contribution >= 4 is 56.0 Å². The van der Waals surface area contributed by atoms with Crippen LogP contribution in [0.2, 0.25) is 0 Å². The summed E-state index contributed by atoms with van der Waals surface area (Å²) < 4.78 is 2.41. The molecular weight excluding hydrogens is 486 g/mol. The molecule has 3 heterocycles. The van der Waals surface area contributed by atoms with E-state index in [0.29, 0.717) is 0 Å². The predicted molar refractivity (Wildman–Crippen MR) is 165 cm³/mol. The highest BCUT2D eigenvalue weighted by molar-refractivity contribution is 6.30. The first-order chi connectivity index (χ1) is 19.9. The van der Waals surface area contributed by atoms with Crippen LogP contribution in [0.25, 0.3) is 61.5 Å². The highest BCUT2D eigenvalue weighted by Gasteiger charge is 2.38. The lowest BCUT2D eigenvalue weighted by atomic mass is 9.83. The summed E-state index contributed by atoms with van der Waals surface area (Å²) in [7, 11) is 0. The van der Waals surface area contributed by atoms with Crippen LogP contribution in [0.3, 0.4) is 0 Å². The topological polar surface area (TPSA) is 21.1 Å². The van der Waals surface area contributed by atoms with Crippen molar-refractivity contribution in [2.24, 2.45) is 0 Å². The molecule has 1 aliphatic heterocycles. The maximum atomic E-state index is 4.94. The second-order valence-corrected chi connectivity index (χ2v) is 11.1. The third-order valence-corrected chi connectivity index (χ3v) is 9.18. The van der Waals surface area contributed by atoms with E-state index in [0.717, 1.165) is 12.2 Å². The van der Waals surface area contributed by atoms with E-state index in [4.69, 9.17) is 4.98 Å². The number of benzene rings is 5. The Bertz CT molecular complexity index is 2290.